The van der Waals surface area contributed by atoms with Crippen LogP contribution in [0.3, 0.4) is 0 Å². The maximum absolute atomic E-state index is 5.36. The van der Waals surface area contributed by atoms with Gasteiger partial charge in [-0.15, -0.1) is 0 Å². The minimum absolute atomic E-state index is 0.789. The van der Waals surface area contributed by atoms with Crippen molar-refractivity contribution in [2.24, 2.45) is 0 Å². The van der Waals surface area contributed by atoms with Crippen LogP contribution in [-0.4, -0.2) is 64.7 Å². The van der Waals surface area contributed by atoms with Crippen LogP contribution in [0.4, 0.5) is 0 Å². The minimum atomic E-state index is 0.789. The van der Waals surface area contributed by atoms with Crippen molar-refractivity contribution in [2.75, 3.05) is 59.8 Å². The molecule has 4 heteroatoms. The first-order valence-corrected chi connectivity index (χ1v) is 6.21. The van der Waals surface area contributed by atoms with Crippen LogP contribution in [0.5, 0.6) is 0 Å². The molecule has 0 N–H and O–H groups in total. The lowest BCUT2D eigenvalue weighted by Gasteiger charge is -2.21. The predicted octanol–water partition coefficient (Wildman–Crippen LogP) is 1.40. The molecular formula is C12H27NO3. The molecule has 0 radical (unpaired) electrons. The third-order valence-corrected chi connectivity index (χ3v) is 2.33. The fourth-order valence-corrected chi connectivity index (χ4v) is 1.44. The lowest BCUT2D eigenvalue weighted by molar-refractivity contribution is 0.0776. The fourth-order valence-electron chi connectivity index (χ4n) is 1.44. The van der Waals surface area contributed by atoms with Crippen molar-refractivity contribution in [1.29, 1.82) is 0 Å². The summed E-state index contributed by atoms with van der Waals surface area (Å²) in [5.74, 6) is 0. The zero-order chi connectivity index (χ0) is 12.1. The summed E-state index contributed by atoms with van der Waals surface area (Å²) in [6.45, 7) is 11.0. The van der Waals surface area contributed by atoms with Crippen molar-refractivity contribution in [3.8, 4) is 0 Å². The van der Waals surface area contributed by atoms with Crippen LogP contribution in [0.15, 0.2) is 0 Å². The van der Waals surface area contributed by atoms with Crippen molar-refractivity contribution in [3.63, 3.8) is 0 Å². The molecule has 98 valence electrons. The van der Waals surface area contributed by atoms with Gasteiger partial charge in [0.2, 0.25) is 0 Å². The molecule has 0 spiro atoms. The molecular weight excluding hydrogens is 206 g/mol. The van der Waals surface area contributed by atoms with Gasteiger partial charge in [0.05, 0.1) is 13.2 Å². The van der Waals surface area contributed by atoms with Gasteiger partial charge in [0.15, 0.2) is 0 Å². The van der Waals surface area contributed by atoms with Crippen LogP contribution in [0.2, 0.25) is 0 Å². The van der Waals surface area contributed by atoms with E-state index in [1.807, 2.05) is 13.8 Å². The Labute approximate surface area is 99.9 Å². The van der Waals surface area contributed by atoms with Crippen LogP contribution in [-0.2, 0) is 14.2 Å². The highest BCUT2D eigenvalue weighted by molar-refractivity contribution is 4.57. The molecule has 0 aliphatic rings. The molecule has 0 bridgehead atoms. The molecule has 0 atom stereocenters. The van der Waals surface area contributed by atoms with E-state index < -0.39 is 0 Å². The van der Waals surface area contributed by atoms with E-state index in [2.05, 4.69) is 4.90 Å². The van der Waals surface area contributed by atoms with Gasteiger partial charge in [-0.3, -0.25) is 4.90 Å². The molecule has 4 nitrogen and oxygen atoms in total. The molecule has 0 saturated heterocycles. The van der Waals surface area contributed by atoms with E-state index in [0.717, 1.165) is 59.1 Å². The van der Waals surface area contributed by atoms with E-state index in [1.54, 1.807) is 7.11 Å². The largest absolute Gasteiger partial charge is 0.385 e. The van der Waals surface area contributed by atoms with E-state index in [4.69, 9.17) is 14.2 Å². The van der Waals surface area contributed by atoms with Gasteiger partial charge in [-0.25, -0.2) is 0 Å². The number of methoxy groups -OCH3 is 1. The highest BCUT2D eigenvalue weighted by Gasteiger charge is 2.04. The standard InChI is InChI=1S/C12H27NO3/c1-4-15-11-8-13(7-6-10-14-3)9-12-16-5-2/h4-12H2,1-3H3. The number of rotatable bonds is 12. The summed E-state index contributed by atoms with van der Waals surface area (Å²) in [5.41, 5.74) is 0. The predicted molar refractivity (Wildman–Crippen MR) is 65.9 cm³/mol. The topological polar surface area (TPSA) is 30.9 Å². The van der Waals surface area contributed by atoms with Crippen LogP contribution in [0.1, 0.15) is 20.3 Å². The summed E-state index contributed by atoms with van der Waals surface area (Å²) >= 11 is 0. The first kappa shape index (κ1) is 15.8. The lowest BCUT2D eigenvalue weighted by Crippen LogP contribution is -2.32. The van der Waals surface area contributed by atoms with Crippen LogP contribution in [0, 0.1) is 0 Å². The summed E-state index contributed by atoms with van der Waals surface area (Å²) in [6, 6.07) is 0. The molecule has 0 heterocycles. The Hall–Kier alpha value is -0.160. The zero-order valence-corrected chi connectivity index (χ0v) is 11.0. The summed E-state index contributed by atoms with van der Waals surface area (Å²) < 4.78 is 15.8. The van der Waals surface area contributed by atoms with Gasteiger partial charge >= 0.3 is 0 Å². The smallest absolute Gasteiger partial charge is 0.0593 e. The van der Waals surface area contributed by atoms with Crippen LogP contribution < -0.4 is 0 Å². The summed E-state index contributed by atoms with van der Waals surface area (Å²) in [4.78, 5) is 2.37. The number of nitrogens with zero attached hydrogens (tertiary/aromatic N) is 1. The summed E-state index contributed by atoms with van der Waals surface area (Å²) in [6.07, 6.45) is 1.06. The monoisotopic (exact) mass is 233 g/mol. The van der Waals surface area contributed by atoms with Gasteiger partial charge in [0.25, 0.3) is 0 Å². The highest BCUT2D eigenvalue weighted by atomic mass is 16.5. The van der Waals surface area contributed by atoms with Gasteiger partial charge < -0.3 is 14.2 Å². The number of ether oxygens (including phenoxy) is 3. The molecule has 0 unspecified atom stereocenters. The SMILES string of the molecule is CCOCCN(CCCOC)CCOCC. The Morgan fingerprint density at radius 2 is 1.38 bits per heavy atom. The lowest BCUT2D eigenvalue weighted by atomic mass is 10.4. The van der Waals surface area contributed by atoms with Crippen LogP contribution in [0.25, 0.3) is 0 Å². The van der Waals surface area contributed by atoms with Crippen molar-refractivity contribution < 1.29 is 14.2 Å². The molecule has 0 aliphatic heterocycles. The zero-order valence-electron chi connectivity index (χ0n) is 11.0. The Kier molecular flexibility index (Phi) is 12.8. The molecule has 0 aliphatic carbocycles. The molecule has 0 saturated carbocycles. The number of hydrogen-bond donors (Lipinski definition) is 0. The minimum Gasteiger partial charge on any atom is -0.385 e. The van der Waals surface area contributed by atoms with Crippen molar-refractivity contribution in [3.05, 3.63) is 0 Å². The average molecular weight is 233 g/mol. The van der Waals surface area contributed by atoms with Gasteiger partial charge in [0.1, 0.15) is 0 Å². The molecule has 0 rings (SSSR count). The maximum Gasteiger partial charge on any atom is 0.0593 e. The summed E-state index contributed by atoms with van der Waals surface area (Å²) in [5, 5.41) is 0. The van der Waals surface area contributed by atoms with Crippen molar-refractivity contribution in [1.82, 2.24) is 4.90 Å². The van der Waals surface area contributed by atoms with E-state index >= 15 is 0 Å². The van der Waals surface area contributed by atoms with Crippen LogP contribution >= 0.6 is 0 Å². The second-order valence-corrected chi connectivity index (χ2v) is 3.58. The third-order valence-electron chi connectivity index (χ3n) is 2.33. The van der Waals surface area contributed by atoms with E-state index in [1.165, 1.54) is 0 Å². The third kappa shape index (κ3) is 10.4. The Morgan fingerprint density at radius 1 is 0.812 bits per heavy atom. The van der Waals surface area contributed by atoms with E-state index in [-0.39, 0.29) is 0 Å². The average Bonchev–Trinajstić information content (AvgIpc) is 2.29. The van der Waals surface area contributed by atoms with Crippen molar-refractivity contribution >= 4 is 0 Å². The first-order valence-electron chi connectivity index (χ1n) is 6.21. The fraction of sp³-hybridized carbons (Fsp3) is 1.00. The molecule has 0 aromatic carbocycles. The quantitative estimate of drug-likeness (QED) is 0.477. The molecule has 0 fully saturated rings. The van der Waals surface area contributed by atoms with Gasteiger partial charge in [-0.1, -0.05) is 0 Å². The van der Waals surface area contributed by atoms with Gasteiger partial charge in [0, 0.05) is 46.6 Å². The van der Waals surface area contributed by atoms with E-state index in [0.29, 0.717) is 0 Å². The maximum atomic E-state index is 5.36. The second kappa shape index (κ2) is 12.9. The summed E-state index contributed by atoms with van der Waals surface area (Å²) in [7, 11) is 1.74. The Balaban J connectivity index is 3.58. The van der Waals surface area contributed by atoms with Gasteiger partial charge in [-0.05, 0) is 20.3 Å². The molecule has 0 amide bonds. The normalized spacial score (nSPS) is 11.2. The number of hydrogen-bond acceptors (Lipinski definition) is 4. The Morgan fingerprint density at radius 3 is 1.81 bits per heavy atom. The second-order valence-electron chi connectivity index (χ2n) is 3.58. The molecule has 0 aromatic rings. The molecule has 0 aromatic heterocycles. The van der Waals surface area contributed by atoms with E-state index in [9.17, 15) is 0 Å². The highest BCUT2D eigenvalue weighted by Crippen LogP contribution is 1.93. The first-order chi connectivity index (χ1) is 7.85. The Bertz CT molecular complexity index is 110. The molecule has 16 heavy (non-hydrogen) atoms. The van der Waals surface area contributed by atoms with Gasteiger partial charge in [-0.2, -0.15) is 0 Å². The van der Waals surface area contributed by atoms with Crippen molar-refractivity contribution in [2.45, 2.75) is 20.3 Å².